The molecule has 2 aromatic rings. The molecule has 4 aliphatic heterocycles. The Hall–Kier alpha value is -2.45. The van der Waals surface area contributed by atoms with Gasteiger partial charge in [0.25, 0.3) is 0 Å². The zero-order chi connectivity index (χ0) is 32.7. The van der Waals surface area contributed by atoms with Crippen LogP contribution in [0.1, 0.15) is 90.2 Å². The Morgan fingerprint density at radius 2 is 1.30 bits per heavy atom. The fourth-order valence-electron chi connectivity index (χ4n) is 9.04. The number of amides is 2. The van der Waals surface area contributed by atoms with Crippen LogP contribution >= 0.6 is 23.5 Å². The molecule has 7 atom stereocenters. The first kappa shape index (κ1) is 33.5. The van der Waals surface area contributed by atoms with Crippen LogP contribution in [-0.4, -0.2) is 65.8 Å². The minimum absolute atomic E-state index is 0.0672. The molecular formula is C38H50N2O4S2. The average Bonchev–Trinajstić information content (AvgIpc) is 3.57. The van der Waals surface area contributed by atoms with Crippen molar-refractivity contribution in [2.24, 2.45) is 16.7 Å². The highest BCUT2D eigenvalue weighted by Crippen LogP contribution is 2.61. The van der Waals surface area contributed by atoms with Crippen LogP contribution < -0.4 is 0 Å². The number of aliphatic carboxylic acids is 1. The summed E-state index contributed by atoms with van der Waals surface area (Å²) in [4.78, 5) is 43.2. The smallest absolute Gasteiger partial charge is 0.306 e. The van der Waals surface area contributed by atoms with Gasteiger partial charge in [0.2, 0.25) is 11.8 Å². The Morgan fingerprint density at radius 1 is 0.783 bits per heavy atom. The number of likely N-dealkylation sites (tertiary alicyclic amines) is 2. The quantitative estimate of drug-likeness (QED) is 0.237. The van der Waals surface area contributed by atoms with Gasteiger partial charge in [0.15, 0.2) is 0 Å². The number of carbonyl (C=O) groups excluding carboxylic acids is 2. The van der Waals surface area contributed by atoms with Crippen molar-refractivity contribution in [2.45, 2.75) is 114 Å². The molecule has 0 aliphatic carbocycles. The Bertz CT molecular complexity index is 1440. The lowest BCUT2D eigenvalue weighted by atomic mass is 9.70. The zero-order valence-electron chi connectivity index (χ0n) is 27.9. The fourth-order valence-corrected chi connectivity index (χ4v) is 13.1. The molecule has 4 saturated heterocycles. The van der Waals surface area contributed by atoms with Crippen molar-refractivity contribution in [1.29, 1.82) is 0 Å². The van der Waals surface area contributed by atoms with Gasteiger partial charge in [-0.15, -0.1) is 0 Å². The third-order valence-corrected chi connectivity index (χ3v) is 16.3. The molecule has 6 nitrogen and oxygen atoms in total. The van der Waals surface area contributed by atoms with Gasteiger partial charge >= 0.3 is 5.97 Å². The molecule has 2 aromatic carbocycles. The van der Waals surface area contributed by atoms with Crippen LogP contribution in [0.4, 0.5) is 0 Å². The van der Waals surface area contributed by atoms with Crippen LogP contribution in [0, 0.1) is 16.7 Å². The van der Waals surface area contributed by atoms with E-state index in [1.165, 1.54) is 0 Å². The SMILES string of the molecule is C[C@]12CSC(CCCC(CCCC3SC[C@@]4(C)N(Cc5ccccc5)C(=O)C[C@@]34C)C(=O)O)[C@@]1(C)N(Cc1ccccc1)C(=O)C2. The molecule has 4 aliphatic rings. The molecule has 0 bridgehead atoms. The highest BCUT2D eigenvalue weighted by molar-refractivity contribution is 8.00. The van der Waals surface area contributed by atoms with E-state index in [2.05, 4.69) is 61.8 Å². The minimum Gasteiger partial charge on any atom is -0.481 e. The van der Waals surface area contributed by atoms with Crippen LogP contribution in [-0.2, 0) is 27.5 Å². The first-order valence-corrected chi connectivity index (χ1v) is 19.2. The monoisotopic (exact) mass is 662 g/mol. The van der Waals surface area contributed by atoms with Crippen molar-refractivity contribution < 1.29 is 19.5 Å². The average molecular weight is 663 g/mol. The summed E-state index contributed by atoms with van der Waals surface area (Å²) in [5.41, 5.74) is 1.70. The molecule has 0 saturated carbocycles. The van der Waals surface area contributed by atoms with E-state index in [4.69, 9.17) is 0 Å². The Kier molecular flexibility index (Phi) is 9.36. The first-order valence-electron chi connectivity index (χ1n) is 17.1. The molecular weight excluding hydrogens is 613 g/mol. The van der Waals surface area contributed by atoms with Gasteiger partial charge in [-0.25, -0.2) is 0 Å². The molecule has 46 heavy (non-hydrogen) atoms. The van der Waals surface area contributed by atoms with E-state index in [0.717, 1.165) is 48.3 Å². The van der Waals surface area contributed by atoms with E-state index >= 15 is 0 Å². The summed E-state index contributed by atoms with van der Waals surface area (Å²) in [5.74, 6) is 1.32. The molecule has 4 fully saturated rings. The van der Waals surface area contributed by atoms with Crippen molar-refractivity contribution in [3.8, 4) is 0 Å². The number of carboxylic acids is 1. The van der Waals surface area contributed by atoms with E-state index in [9.17, 15) is 19.5 Å². The third kappa shape index (κ3) is 5.69. The van der Waals surface area contributed by atoms with E-state index < -0.39 is 5.97 Å². The number of benzene rings is 2. The topological polar surface area (TPSA) is 77.9 Å². The molecule has 3 unspecified atom stereocenters. The number of thioether (sulfide) groups is 2. The summed E-state index contributed by atoms with van der Waals surface area (Å²) < 4.78 is 0. The van der Waals surface area contributed by atoms with Crippen molar-refractivity contribution in [3.63, 3.8) is 0 Å². The fraction of sp³-hybridized carbons (Fsp3) is 0.605. The number of nitrogens with zero attached hydrogens (tertiary/aromatic N) is 2. The van der Waals surface area contributed by atoms with Gasteiger partial charge in [-0.2, -0.15) is 23.5 Å². The molecule has 0 radical (unpaired) electrons. The lowest BCUT2D eigenvalue weighted by molar-refractivity contribution is -0.142. The van der Waals surface area contributed by atoms with Gasteiger partial charge in [0.05, 0.1) is 17.0 Å². The van der Waals surface area contributed by atoms with Crippen LogP contribution in [0.3, 0.4) is 0 Å². The second kappa shape index (κ2) is 12.9. The summed E-state index contributed by atoms with van der Waals surface area (Å²) >= 11 is 3.95. The van der Waals surface area contributed by atoms with Gasteiger partial charge in [-0.3, -0.25) is 14.4 Å². The second-order valence-electron chi connectivity index (χ2n) is 15.2. The predicted molar refractivity (Wildman–Crippen MR) is 188 cm³/mol. The molecule has 248 valence electrons. The Morgan fingerprint density at radius 3 is 1.89 bits per heavy atom. The van der Waals surface area contributed by atoms with Gasteiger partial charge in [0.1, 0.15) is 0 Å². The van der Waals surface area contributed by atoms with Gasteiger partial charge < -0.3 is 14.9 Å². The molecule has 4 heterocycles. The number of rotatable bonds is 13. The third-order valence-electron chi connectivity index (χ3n) is 12.5. The van der Waals surface area contributed by atoms with Crippen LogP contribution in [0.5, 0.6) is 0 Å². The molecule has 6 rings (SSSR count). The van der Waals surface area contributed by atoms with Crippen molar-refractivity contribution in [1.82, 2.24) is 9.80 Å². The predicted octanol–water partition coefficient (Wildman–Crippen LogP) is 7.65. The lowest BCUT2D eigenvalue weighted by Crippen LogP contribution is -2.54. The second-order valence-corrected chi connectivity index (χ2v) is 17.6. The van der Waals surface area contributed by atoms with Crippen molar-refractivity contribution >= 4 is 41.3 Å². The van der Waals surface area contributed by atoms with Crippen LogP contribution in [0.15, 0.2) is 60.7 Å². The largest absolute Gasteiger partial charge is 0.481 e. The summed E-state index contributed by atoms with van der Waals surface area (Å²) in [5, 5.41) is 10.8. The zero-order valence-corrected chi connectivity index (χ0v) is 29.5. The maximum atomic E-state index is 13.3. The maximum absolute atomic E-state index is 13.3. The van der Waals surface area contributed by atoms with Crippen LogP contribution in [0.25, 0.3) is 0 Å². The summed E-state index contributed by atoms with van der Waals surface area (Å²) in [6.45, 7) is 10.4. The van der Waals surface area contributed by atoms with E-state index in [-0.39, 0.29) is 39.6 Å². The standard InChI is InChI=1S/C38H50N2O4S2/c1-35-21-32(41)40(24-28-15-9-6-10-16-28)38(35,4)31(45-25-35)20-12-18-29(34(43)44)17-11-19-30-36(2)22-33(42)39(37(36,3)26-46-30)23-27-13-7-5-8-14-27/h5-10,13-16,29-31H,11-12,17-26H2,1-4H3,(H,43,44)/t29?,30?,31?,35-,36-,37+,38+/m0/s1. The van der Waals surface area contributed by atoms with Crippen molar-refractivity contribution in [2.75, 3.05) is 11.5 Å². The van der Waals surface area contributed by atoms with E-state index in [1.54, 1.807) is 0 Å². The van der Waals surface area contributed by atoms with Crippen molar-refractivity contribution in [3.05, 3.63) is 71.8 Å². The molecule has 0 spiro atoms. The van der Waals surface area contributed by atoms with Gasteiger partial charge in [-0.05, 0) is 50.7 Å². The minimum atomic E-state index is -0.697. The normalized spacial score (nSPS) is 34.3. The number of carboxylic acid groups (broad SMARTS) is 1. The number of carbonyl (C=O) groups is 3. The summed E-state index contributed by atoms with van der Waals surface area (Å²) in [6.07, 6.45) is 6.08. The first-order chi connectivity index (χ1) is 21.9. The molecule has 1 N–H and O–H groups in total. The molecule has 2 amide bonds. The number of fused-ring (bicyclic) bond motifs is 2. The molecule has 8 heteroatoms. The summed E-state index contributed by atoms with van der Waals surface area (Å²) in [7, 11) is 0. The number of hydrogen-bond acceptors (Lipinski definition) is 5. The van der Waals surface area contributed by atoms with Crippen LogP contribution in [0.2, 0.25) is 0 Å². The highest BCUT2D eigenvalue weighted by atomic mass is 32.2. The Balaban J connectivity index is 1.03. The summed E-state index contributed by atoms with van der Waals surface area (Å²) in [6, 6.07) is 20.5. The Labute approximate surface area is 283 Å². The van der Waals surface area contributed by atoms with E-state index in [0.29, 0.717) is 49.3 Å². The van der Waals surface area contributed by atoms with E-state index in [1.807, 2.05) is 59.9 Å². The lowest BCUT2D eigenvalue weighted by Gasteiger charge is -2.44. The van der Waals surface area contributed by atoms with Gasteiger partial charge in [-0.1, -0.05) is 87.4 Å². The van der Waals surface area contributed by atoms with Gasteiger partial charge in [0, 0.05) is 58.8 Å². The maximum Gasteiger partial charge on any atom is 0.306 e. The number of hydrogen-bond donors (Lipinski definition) is 1. The molecule has 0 aromatic heterocycles. The highest BCUT2D eigenvalue weighted by Gasteiger charge is 2.65.